The third-order valence-electron chi connectivity index (χ3n) is 4.40. The van der Waals surface area contributed by atoms with Crippen LogP contribution in [0.1, 0.15) is 46.1 Å². The molecule has 0 aliphatic rings. The van der Waals surface area contributed by atoms with E-state index in [9.17, 15) is 9.59 Å². The molecule has 0 spiro atoms. The van der Waals surface area contributed by atoms with Crippen LogP contribution in [0.2, 0.25) is 0 Å². The molecule has 0 saturated carbocycles. The van der Waals surface area contributed by atoms with Crippen LogP contribution in [0.25, 0.3) is 0 Å². The van der Waals surface area contributed by atoms with E-state index >= 15 is 0 Å². The lowest BCUT2D eigenvalue weighted by atomic mass is 10.0. The lowest BCUT2D eigenvalue weighted by Gasteiger charge is -2.22. The first-order chi connectivity index (χ1) is 11.9. The van der Waals surface area contributed by atoms with Gasteiger partial charge in [-0.25, -0.2) is 0 Å². The highest BCUT2D eigenvalue weighted by molar-refractivity contribution is 5.98. The van der Waals surface area contributed by atoms with E-state index in [1.165, 1.54) is 0 Å². The summed E-state index contributed by atoms with van der Waals surface area (Å²) in [5.74, 6) is 0.667. The standard InChI is InChI=1S/C20H26N2O3/c1-14-7-8-16(12-15(14)2)18(23)9-10-20(24)21-13-17(22(3)4)19-6-5-11-25-19/h5-8,11-12,17H,9-10,13H2,1-4H3,(H,21,24). The summed E-state index contributed by atoms with van der Waals surface area (Å²) in [6.45, 7) is 4.43. The minimum absolute atomic E-state index is 0.00607. The van der Waals surface area contributed by atoms with Crippen molar-refractivity contribution < 1.29 is 14.0 Å². The number of furan rings is 1. The van der Waals surface area contributed by atoms with E-state index < -0.39 is 0 Å². The van der Waals surface area contributed by atoms with Gasteiger partial charge in [-0.3, -0.25) is 14.5 Å². The summed E-state index contributed by atoms with van der Waals surface area (Å²) in [7, 11) is 3.87. The van der Waals surface area contributed by atoms with Crippen molar-refractivity contribution in [1.29, 1.82) is 0 Å². The first-order valence-corrected chi connectivity index (χ1v) is 8.45. The van der Waals surface area contributed by atoms with E-state index in [4.69, 9.17) is 4.42 Å². The zero-order chi connectivity index (χ0) is 18.4. The van der Waals surface area contributed by atoms with Gasteiger partial charge in [0.1, 0.15) is 5.76 Å². The summed E-state index contributed by atoms with van der Waals surface area (Å²) in [5, 5.41) is 2.89. The van der Waals surface area contributed by atoms with Crippen molar-refractivity contribution in [2.75, 3.05) is 20.6 Å². The Balaban J connectivity index is 1.83. The highest BCUT2D eigenvalue weighted by Crippen LogP contribution is 2.17. The van der Waals surface area contributed by atoms with Crippen LogP contribution in [-0.2, 0) is 4.79 Å². The molecule has 0 aliphatic heterocycles. The molecule has 2 rings (SSSR count). The predicted octanol–water partition coefficient (Wildman–Crippen LogP) is 3.28. The maximum absolute atomic E-state index is 12.2. The first-order valence-electron chi connectivity index (χ1n) is 8.45. The van der Waals surface area contributed by atoms with Gasteiger partial charge in [-0.2, -0.15) is 0 Å². The largest absolute Gasteiger partial charge is 0.468 e. The van der Waals surface area contributed by atoms with Crippen LogP contribution >= 0.6 is 0 Å². The van der Waals surface area contributed by atoms with Crippen LogP contribution in [0.5, 0.6) is 0 Å². The molecule has 1 N–H and O–H groups in total. The van der Waals surface area contributed by atoms with E-state index in [0.29, 0.717) is 12.1 Å². The van der Waals surface area contributed by atoms with E-state index in [1.54, 1.807) is 6.26 Å². The number of carbonyl (C=O) groups is 2. The van der Waals surface area contributed by atoms with Gasteiger partial charge >= 0.3 is 0 Å². The average molecular weight is 342 g/mol. The van der Waals surface area contributed by atoms with Crippen molar-refractivity contribution in [2.45, 2.75) is 32.7 Å². The first kappa shape index (κ1) is 18.9. The topological polar surface area (TPSA) is 62.6 Å². The number of amides is 1. The van der Waals surface area contributed by atoms with Gasteiger partial charge in [-0.1, -0.05) is 12.1 Å². The number of hydrogen-bond donors (Lipinski definition) is 1. The molecule has 1 aromatic heterocycles. The van der Waals surface area contributed by atoms with E-state index in [2.05, 4.69) is 5.32 Å². The number of aryl methyl sites for hydroxylation is 2. The second kappa shape index (κ2) is 8.62. The number of carbonyl (C=O) groups excluding carboxylic acids is 2. The predicted molar refractivity (Wildman–Crippen MR) is 97.6 cm³/mol. The van der Waals surface area contributed by atoms with Crippen LogP contribution < -0.4 is 5.32 Å². The Bertz CT molecular complexity index is 721. The number of Topliss-reactive ketones (excluding diaryl/α,β-unsaturated/α-hetero) is 1. The van der Waals surface area contributed by atoms with Crippen molar-refractivity contribution in [3.8, 4) is 0 Å². The molecule has 5 heteroatoms. The Morgan fingerprint density at radius 1 is 1.12 bits per heavy atom. The highest BCUT2D eigenvalue weighted by atomic mass is 16.3. The lowest BCUT2D eigenvalue weighted by molar-refractivity contribution is -0.121. The van der Waals surface area contributed by atoms with Crippen molar-refractivity contribution in [1.82, 2.24) is 10.2 Å². The molecule has 1 heterocycles. The lowest BCUT2D eigenvalue weighted by Crippen LogP contribution is -2.34. The second-order valence-electron chi connectivity index (χ2n) is 6.52. The summed E-state index contributed by atoms with van der Waals surface area (Å²) in [6, 6.07) is 9.33. The maximum Gasteiger partial charge on any atom is 0.220 e. The molecule has 1 amide bonds. The van der Waals surface area contributed by atoms with Crippen LogP contribution in [0.3, 0.4) is 0 Å². The minimum atomic E-state index is -0.129. The van der Waals surface area contributed by atoms with Crippen LogP contribution in [-0.4, -0.2) is 37.2 Å². The summed E-state index contributed by atoms with van der Waals surface area (Å²) in [5.41, 5.74) is 2.90. The third kappa shape index (κ3) is 5.29. The number of hydrogen-bond acceptors (Lipinski definition) is 4. The maximum atomic E-state index is 12.2. The molecule has 0 bridgehead atoms. The highest BCUT2D eigenvalue weighted by Gasteiger charge is 2.18. The molecular formula is C20H26N2O3. The van der Waals surface area contributed by atoms with Crippen LogP contribution in [0.15, 0.2) is 41.0 Å². The fourth-order valence-corrected chi connectivity index (χ4v) is 2.60. The zero-order valence-corrected chi connectivity index (χ0v) is 15.3. The Morgan fingerprint density at radius 2 is 1.88 bits per heavy atom. The summed E-state index contributed by atoms with van der Waals surface area (Å²) >= 11 is 0. The van der Waals surface area contributed by atoms with Gasteiger partial charge in [0, 0.05) is 24.9 Å². The molecule has 134 valence electrons. The number of ketones is 1. The normalized spacial score (nSPS) is 12.2. The number of benzene rings is 1. The van der Waals surface area contributed by atoms with Gasteiger partial charge < -0.3 is 9.73 Å². The molecule has 0 saturated heterocycles. The van der Waals surface area contributed by atoms with Crippen molar-refractivity contribution in [3.63, 3.8) is 0 Å². The molecular weight excluding hydrogens is 316 g/mol. The van der Waals surface area contributed by atoms with E-state index in [-0.39, 0.29) is 30.6 Å². The quantitative estimate of drug-likeness (QED) is 0.748. The molecule has 0 fully saturated rings. The average Bonchev–Trinajstić information content (AvgIpc) is 3.09. The van der Waals surface area contributed by atoms with Gasteiger partial charge in [0.2, 0.25) is 5.91 Å². The number of rotatable bonds is 8. The molecule has 2 aromatic rings. The SMILES string of the molecule is Cc1ccc(C(=O)CCC(=O)NCC(c2ccco2)N(C)C)cc1C. The molecule has 5 nitrogen and oxygen atoms in total. The van der Waals surface area contributed by atoms with Gasteiger partial charge in [0.05, 0.1) is 12.3 Å². The summed E-state index contributed by atoms with van der Waals surface area (Å²) in [6.07, 6.45) is 2.02. The van der Waals surface area contributed by atoms with Gasteiger partial charge in [-0.15, -0.1) is 0 Å². The Labute approximate surface area is 149 Å². The van der Waals surface area contributed by atoms with E-state index in [1.807, 2.05) is 63.2 Å². The Morgan fingerprint density at radius 3 is 2.48 bits per heavy atom. The summed E-state index contributed by atoms with van der Waals surface area (Å²) in [4.78, 5) is 26.3. The molecule has 0 aliphatic carbocycles. The smallest absolute Gasteiger partial charge is 0.220 e. The fourth-order valence-electron chi connectivity index (χ4n) is 2.60. The van der Waals surface area contributed by atoms with Crippen molar-refractivity contribution in [2.24, 2.45) is 0 Å². The minimum Gasteiger partial charge on any atom is -0.468 e. The summed E-state index contributed by atoms with van der Waals surface area (Å²) < 4.78 is 5.42. The number of nitrogens with zero attached hydrogens (tertiary/aromatic N) is 1. The van der Waals surface area contributed by atoms with Crippen LogP contribution in [0, 0.1) is 13.8 Å². The molecule has 1 unspecified atom stereocenters. The van der Waals surface area contributed by atoms with Crippen molar-refractivity contribution in [3.05, 3.63) is 59.0 Å². The Hall–Kier alpha value is -2.40. The molecule has 0 radical (unpaired) electrons. The monoisotopic (exact) mass is 342 g/mol. The van der Waals surface area contributed by atoms with Crippen LogP contribution in [0.4, 0.5) is 0 Å². The molecule has 1 aromatic carbocycles. The van der Waals surface area contributed by atoms with E-state index in [0.717, 1.165) is 16.9 Å². The van der Waals surface area contributed by atoms with Crippen molar-refractivity contribution >= 4 is 11.7 Å². The number of nitrogens with one attached hydrogen (secondary N) is 1. The third-order valence-corrected chi connectivity index (χ3v) is 4.40. The van der Waals surface area contributed by atoms with Gasteiger partial charge in [0.15, 0.2) is 5.78 Å². The Kier molecular flexibility index (Phi) is 6.53. The molecule has 25 heavy (non-hydrogen) atoms. The number of likely N-dealkylation sites (N-methyl/N-ethyl adjacent to an activating group) is 1. The molecule has 1 atom stereocenters. The second-order valence-corrected chi connectivity index (χ2v) is 6.52. The van der Waals surface area contributed by atoms with Gasteiger partial charge in [-0.05, 0) is 57.3 Å². The zero-order valence-electron chi connectivity index (χ0n) is 15.3. The fraction of sp³-hybridized carbons (Fsp3) is 0.400. The van der Waals surface area contributed by atoms with Gasteiger partial charge in [0.25, 0.3) is 0 Å².